The highest BCUT2D eigenvalue weighted by Gasteiger charge is 2.16. The van der Waals surface area contributed by atoms with E-state index in [9.17, 15) is 0 Å². The molecule has 0 aliphatic heterocycles. The standard InChI is InChI=1S/C21H17ClN4S2/c1-2-12-26-19(17-10-6-7-11-18(17)22)24-25-21(26)28-14-16-13-27-20(23-16)15-8-4-3-5-9-15/h2-11,13H,1,12,14H2. The van der Waals surface area contributed by atoms with Gasteiger partial charge in [0.15, 0.2) is 11.0 Å². The smallest absolute Gasteiger partial charge is 0.192 e. The van der Waals surface area contributed by atoms with E-state index in [1.807, 2.05) is 53.1 Å². The number of aromatic nitrogens is 4. The molecule has 0 bridgehead atoms. The lowest BCUT2D eigenvalue weighted by molar-refractivity contribution is 0.731. The number of benzene rings is 2. The minimum Gasteiger partial charge on any atom is -0.298 e. The molecule has 2 aromatic carbocycles. The molecule has 4 nitrogen and oxygen atoms in total. The van der Waals surface area contributed by atoms with E-state index in [4.69, 9.17) is 16.6 Å². The first kappa shape index (κ1) is 18.9. The van der Waals surface area contributed by atoms with Crippen molar-refractivity contribution >= 4 is 34.7 Å². The number of allylic oxidation sites excluding steroid dienone is 1. The SMILES string of the molecule is C=CCn1c(SCc2csc(-c3ccccc3)n2)nnc1-c1ccccc1Cl. The van der Waals surface area contributed by atoms with Gasteiger partial charge in [-0.05, 0) is 12.1 Å². The fourth-order valence-corrected chi connectivity index (χ4v) is 4.75. The molecule has 0 aliphatic rings. The Labute approximate surface area is 176 Å². The number of rotatable bonds is 7. The summed E-state index contributed by atoms with van der Waals surface area (Å²) in [6, 6.07) is 17.9. The lowest BCUT2D eigenvalue weighted by Crippen LogP contribution is -2.01. The maximum Gasteiger partial charge on any atom is 0.192 e. The Morgan fingerprint density at radius 2 is 1.86 bits per heavy atom. The summed E-state index contributed by atoms with van der Waals surface area (Å²) < 4.78 is 2.03. The summed E-state index contributed by atoms with van der Waals surface area (Å²) in [4.78, 5) is 4.75. The average Bonchev–Trinajstić information content (AvgIpc) is 3.35. The van der Waals surface area contributed by atoms with Gasteiger partial charge in [0.2, 0.25) is 0 Å². The molecule has 28 heavy (non-hydrogen) atoms. The Morgan fingerprint density at radius 1 is 1.07 bits per heavy atom. The van der Waals surface area contributed by atoms with Crippen LogP contribution in [0, 0.1) is 0 Å². The second-order valence-electron chi connectivity index (χ2n) is 5.98. The molecule has 4 aromatic rings. The lowest BCUT2D eigenvalue weighted by Gasteiger charge is -2.08. The quantitative estimate of drug-likeness (QED) is 0.261. The molecule has 0 spiro atoms. The number of hydrogen-bond acceptors (Lipinski definition) is 5. The summed E-state index contributed by atoms with van der Waals surface area (Å²) in [5, 5.41) is 13.4. The van der Waals surface area contributed by atoms with Gasteiger partial charge < -0.3 is 0 Å². The van der Waals surface area contributed by atoms with Crippen LogP contribution in [0.25, 0.3) is 22.0 Å². The maximum absolute atomic E-state index is 6.35. The number of hydrogen-bond donors (Lipinski definition) is 0. The minimum atomic E-state index is 0.613. The van der Waals surface area contributed by atoms with Gasteiger partial charge in [0.05, 0.1) is 10.7 Å². The van der Waals surface area contributed by atoms with Gasteiger partial charge in [-0.2, -0.15) is 0 Å². The van der Waals surface area contributed by atoms with Crippen molar-refractivity contribution in [2.75, 3.05) is 0 Å². The Kier molecular flexibility index (Phi) is 5.90. The van der Waals surface area contributed by atoms with Gasteiger partial charge >= 0.3 is 0 Å². The van der Waals surface area contributed by atoms with Crippen LogP contribution in [0.4, 0.5) is 0 Å². The zero-order valence-corrected chi connectivity index (χ0v) is 17.3. The molecular weight excluding hydrogens is 408 g/mol. The Morgan fingerprint density at radius 3 is 2.64 bits per heavy atom. The van der Waals surface area contributed by atoms with Crippen molar-refractivity contribution in [3.63, 3.8) is 0 Å². The fraction of sp³-hybridized carbons (Fsp3) is 0.0952. The van der Waals surface area contributed by atoms with Gasteiger partial charge in [0, 0.05) is 28.8 Å². The first-order valence-corrected chi connectivity index (χ1v) is 10.9. The molecule has 0 fully saturated rings. The van der Waals surface area contributed by atoms with Crippen LogP contribution >= 0.6 is 34.7 Å². The summed E-state index contributed by atoms with van der Waals surface area (Å²) in [6.07, 6.45) is 1.84. The van der Waals surface area contributed by atoms with E-state index in [0.29, 0.717) is 11.6 Å². The van der Waals surface area contributed by atoms with Crippen molar-refractivity contribution in [2.45, 2.75) is 17.5 Å². The van der Waals surface area contributed by atoms with Crippen molar-refractivity contribution in [1.29, 1.82) is 0 Å². The molecule has 7 heteroatoms. The molecule has 0 N–H and O–H groups in total. The molecule has 0 amide bonds. The minimum absolute atomic E-state index is 0.613. The largest absolute Gasteiger partial charge is 0.298 e. The van der Waals surface area contributed by atoms with E-state index in [-0.39, 0.29) is 0 Å². The van der Waals surface area contributed by atoms with Gasteiger partial charge in [-0.25, -0.2) is 4.98 Å². The molecule has 140 valence electrons. The predicted molar refractivity (Wildman–Crippen MR) is 118 cm³/mol. The van der Waals surface area contributed by atoms with E-state index in [1.165, 1.54) is 0 Å². The molecule has 0 unspecified atom stereocenters. The molecule has 0 saturated heterocycles. The third kappa shape index (κ3) is 4.04. The zero-order chi connectivity index (χ0) is 19.3. The highest BCUT2D eigenvalue weighted by molar-refractivity contribution is 7.98. The molecule has 2 heterocycles. The van der Waals surface area contributed by atoms with E-state index in [1.54, 1.807) is 23.1 Å². The van der Waals surface area contributed by atoms with Crippen molar-refractivity contribution in [3.05, 3.63) is 83.3 Å². The van der Waals surface area contributed by atoms with Crippen molar-refractivity contribution < 1.29 is 0 Å². The summed E-state index contributed by atoms with van der Waals surface area (Å²) in [6.45, 7) is 4.47. The molecule has 2 aromatic heterocycles. The van der Waals surface area contributed by atoms with Crippen LogP contribution in [-0.2, 0) is 12.3 Å². The Balaban J connectivity index is 1.55. The van der Waals surface area contributed by atoms with Crippen LogP contribution in [0.5, 0.6) is 0 Å². The van der Waals surface area contributed by atoms with Crippen molar-refractivity contribution in [1.82, 2.24) is 19.7 Å². The van der Waals surface area contributed by atoms with Gasteiger partial charge in [0.1, 0.15) is 5.01 Å². The number of thioether (sulfide) groups is 1. The van der Waals surface area contributed by atoms with Crippen LogP contribution in [0.15, 0.2) is 77.8 Å². The molecule has 0 saturated carbocycles. The van der Waals surface area contributed by atoms with E-state index in [0.717, 1.165) is 38.6 Å². The first-order valence-electron chi connectivity index (χ1n) is 8.68. The monoisotopic (exact) mass is 424 g/mol. The molecular formula is C21H17ClN4S2. The van der Waals surface area contributed by atoms with Crippen molar-refractivity contribution in [2.24, 2.45) is 0 Å². The number of thiazole rings is 1. The van der Waals surface area contributed by atoms with Gasteiger partial charge in [0.25, 0.3) is 0 Å². The van der Waals surface area contributed by atoms with Crippen LogP contribution in [0.3, 0.4) is 0 Å². The zero-order valence-electron chi connectivity index (χ0n) is 15.0. The second-order valence-corrected chi connectivity index (χ2v) is 8.19. The third-order valence-electron chi connectivity index (χ3n) is 4.06. The van der Waals surface area contributed by atoms with Gasteiger partial charge in [-0.1, -0.05) is 71.9 Å². The van der Waals surface area contributed by atoms with Gasteiger partial charge in [-0.15, -0.1) is 28.1 Å². The summed E-state index contributed by atoms with van der Waals surface area (Å²) in [5.41, 5.74) is 3.03. The van der Waals surface area contributed by atoms with Crippen LogP contribution < -0.4 is 0 Å². The maximum atomic E-state index is 6.35. The summed E-state index contributed by atoms with van der Waals surface area (Å²) >= 11 is 9.62. The first-order chi connectivity index (χ1) is 13.8. The summed E-state index contributed by atoms with van der Waals surface area (Å²) in [5.74, 6) is 1.47. The fourth-order valence-electron chi connectivity index (χ4n) is 2.76. The normalized spacial score (nSPS) is 10.9. The molecule has 0 radical (unpaired) electrons. The number of nitrogens with zero attached hydrogens (tertiary/aromatic N) is 4. The molecule has 4 rings (SSSR count). The Hall–Kier alpha value is -2.41. The Bertz CT molecular complexity index is 1090. The van der Waals surface area contributed by atoms with Crippen molar-refractivity contribution in [3.8, 4) is 22.0 Å². The third-order valence-corrected chi connectivity index (χ3v) is 6.34. The van der Waals surface area contributed by atoms with Crippen LogP contribution in [0.2, 0.25) is 5.02 Å². The second kappa shape index (κ2) is 8.73. The lowest BCUT2D eigenvalue weighted by atomic mass is 10.2. The highest BCUT2D eigenvalue weighted by atomic mass is 35.5. The topological polar surface area (TPSA) is 43.6 Å². The van der Waals surface area contributed by atoms with E-state index in [2.05, 4.69) is 34.3 Å². The van der Waals surface area contributed by atoms with E-state index >= 15 is 0 Å². The summed E-state index contributed by atoms with van der Waals surface area (Å²) in [7, 11) is 0. The molecule has 0 aliphatic carbocycles. The van der Waals surface area contributed by atoms with Gasteiger partial charge in [-0.3, -0.25) is 4.57 Å². The van der Waals surface area contributed by atoms with Crippen LogP contribution in [0.1, 0.15) is 5.69 Å². The van der Waals surface area contributed by atoms with E-state index < -0.39 is 0 Å². The average molecular weight is 425 g/mol. The highest BCUT2D eigenvalue weighted by Crippen LogP contribution is 2.31. The molecule has 0 atom stereocenters. The predicted octanol–water partition coefficient (Wildman–Crippen LogP) is 6.20. The number of halogens is 1. The van der Waals surface area contributed by atoms with Crippen LogP contribution in [-0.4, -0.2) is 19.7 Å².